The molecule has 1 unspecified atom stereocenters. The third-order valence-corrected chi connectivity index (χ3v) is 3.34. The lowest BCUT2D eigenvalue weighted by molar-refractivity contribution is -0.111. The summed E-state index contributed by atoms with van der Waals surface area (Å²) in [6.45, 7) is 6.44. The van der Waals surface area contributed by atoms with Crippen molar-refractivity contribution in [1.29, 1.82) is 0 Å². The summed E-state index contributed by atoms with van der Waals surface area (Å²) in [5.41, 5.74) is 0. The summed E-state index contributed by atoms with van der Waals surface area (Å²) in [4.78, 5) is 11.3. The fourth-order valence-electron chi connectivity index (χ4n) is 1.06. The molecule has 0 aliphatic heterocycles. The second-order valence-corrected chi connectivity index (χ2v) is 5.02. The van der Waals surface area contributed by atoms with Crippen LogP contribution in [0.2, 0.25) is 0 Å². The van der Waals surface area contributed by atoms with Crippen LogP contribution in [0, 0.1) is 0 Å². The van der Waals surface area contributed by atoms with Crippen LogP contribution in [-0.2, 0) is 4.79 Å². The van der Waals surface area contributed by atoms with Crippen molar-refractivity contribution in [2.45, 2.75) is 64.5 Å². The van der Waals surface area contributed by atoms with Gasteiger partial charge in [0.05, 0.1) is 0 Å². The fraction of sp³-hybridized carbons (Fsp3) is 0.909. The Balaban J connectivity index is 3.30. The van der Waals surface area contributed by atoms with Crippen molar-refractivity contribution in [2.24, 2.45) is 0 Å². The number of hydrogen-bond acceptors (Lipinski definition) is 2. The third-order valence-electron chi connectivity index (χ3n) is 2.14. The van der Waals surface area contributed by atoms with Gasteiger partial charge in [0, 0.05) is 11.7 Å². The van der Waals surface area contributed by atoms with Crippen molar-refractivity contribution >= 4 is 16.9 Å². The molecule has 0 aliphatic rings. The van der Waals surface area contributed by atoms with Gasteiger partial charge in [-0.25, -0.2) is 0 Å². The van der Waals surface area contributed by atoms with Gasteiger partial charge in [0.25, 0.3) is 0 Å². The highest BCUT2D eigenvalue weighted by molar-refractivity contribution is 8.14. The first-order valence-corrected chi connectivity index (χ1v) is 6.28. The minimum atomic E-state index is 0.380. The van der Waals surface area contributed by atoms with Crippen molar-refractivity contribution in [2.75, 3.05) is 0 Å². The van der Waals surface area contributed by atoms with Crippen LogP contribution < -0.4 is 0 Å². The summed E-state index contributed by atoms with van der Waals surface area (Å²) in [7, 11) is 0. The van der Waals surface area contributed by atoms with E-state index in [4.69, 9.17) is 0 Å². The van der Waals surface area contributed by atoms with Gasteiger partial charge in [-0.2, -0.15) is 0 Å². The van der Waals surface area contributed by atoms with Crippen LogP contribution in [0.1, 0.15) is 59.3 Å². The van der Waals surface area contributed by atoms with Gasteiger partial charge in [-0.3, -0.25) is 4.79 Å². The van der Waals surface area contributed by atoms with E-state index in [0.717, 1.165) is 19.3 Å². The van der Waals surface area contributed by atoms with Gasteiger partial charge in [-0.05, 0) is 12.8 Å². The van der Waals surface area contributed by atoms with Crippen LogP contribution in [-0.4, -0.2) is 10.4 Å². The number of thioether (sulfide) groups is 1. The standard InChI is InChI=1S/C11H22OS/c1-4-6-7-8-9-11(12)13-10(3)5-2/h10H,4-9H2,1-3H3. The van der Waals surface area contributed by atoms with Crippen molar-refractivity contribution in [3.63, 3.8) is 0 Å². The van der Waals surface area contributed by atoms with Crippen molar-refractivity contribution in [1.82, 2.24) is 0 Å². The molecule has 0 heterocycles. The lowest BCUT2D eigenvalue weighted by atomic mass is 10.2. The largest absolute Gasteiger partial charge is 0.287 e. The van der Waals surface area contributed by atoms with E-state index in [1.807, 2.05) is 0 Å². The van der Waals surface area contributed by atoms with Crippen LogP contribution in [0.25, 0.3) is 0 Å². The first-order chi connectivity index (χ1) is 6.20. The molecule has 0 radical (unpaired) electrons. The highest BCUT2D eigenvalue weighted by atomic mass is 32.2. The van der Waals surface area contributed by atoms with E-state index in [-0.39, 0.29) is 0 Å². The molecule has 0 saturated carbocycles. The number of rotatable bonds is 7. The maximum Gasteiger partial charge on any atom is 0.189 e. The van der Waals surface area contributed by atoms with Gasteiger partial charge in [0.15, 0.2) is 5.12 Å². The van der Waals surface area contributed by atoms with E-state index < -0.39 is 0 Å². The SMILES string of the molecule is CCCCCCC(=O)SC(C)CC. The maximum atomic E-state index is 11.3. The molecule has 0 aromatic carbocycles. The predicted molar refractivity (Wildman–Crippen MR) is 61.1 cm³/mol. The number of hydrogen-bond donors (Lipinski definition) is 0. The van der Waals surface area contributed by atoms with Gasteiger partial charge in [0.2, 0.25) is 0 Å². The summed E-state index contributed by atoms with van der Waals surface area (Å²) >= 11 is 1.52. The topological polar surface area (TPSA) is 17.1 Å². The van der Waals surface area contributed by atoms with E-state index in [9.17, 15) is 4.79 Å². The summed E-state index contributed by atoms with van der Waals surface area (Å²) in [6, 6.07) is 0. The first kappa shape index (κ1) is 13.0. The monoisotopic (exact) mass is 202 g/mol. The smallest absolute Gasteiger partial charge is 0.189 e. The van der Waals surface area contributed by atoms with E-state index in [0.29, 0.717) is 10.4 Å². The molecule has 0 N–H and O–H groups in total. The molecule has 2 heteroatoms. The average molecular weight is 202 g/mol. The molecule has 0 fully saturated rings. The van der Waals surface area contributed by atoms with E-state index in [2.05, 4.69) is 20.8 Å². The Morgan fingerprint density at radius 3 is 2.46 bits per heavy atom. The molecule has 0 saturated heterocycles. The van der Waals surface area contributed by atoms with Gasteiger partial charge in [0.1, 0.15) is 0 Å². The summed E-state index contributed by atoms with van der Waals surface area (Å²) in [5.74, 6) is 0. The zero-order chi connectivity index (χ0) is 10.1. The van der Waals surface area contributed by atoms with Crippen LogP contribution in [0.15, 0.2) is 0 Å². The molecular weight excluding hydrogens is 180 g/mol. The summed E-state index contributed by atoms with van der Waals surface area (Å²) in [5, 5.41) is 0.879. The molecule has 0 aliphatic carbocycles. The van der Waals surface area contributed by atoms with Crippen LogP contribution in [0.4, 0.5) is 0 Å². The highest BCUT2D eigenvalue weighted by Crippen LogP contribution is 2.18. The predicted octanol–water partition coefficient (Wildman–Crippen LogP) is 4.02. The molecule has 0 aromatic heterocycles. The van der Waals surface area contributed by atoms with Gasteiger partial charge >= 0.3 is 0 Å². The minimum absolute atomic E-state index is 0.380. The van der Waals surface area contributed by atoms with Gasteiger partial charge in [-0.1, -0.05) is 51.8 Å². The third kappa shape index (κ3) is 8.35. The van der Waals surface area contributed by atoms with Crippen LogP contribution in [0.3, 0.4) is 0 Å². The van der Waals surface area contributed by atoms with E-state index in [1.165, 1.54) is 31.0 Å². The lowest BCUT2D eigenvalue weighted by Crippen LogP contribution is -2.00. The second-order valence-electron chi connectivity index (χ2n) is 3.52. The zero-order valence-corrected chi connectivity index (χ0v) is 9.95. The van der Waals surface area contributed by atoms with E-state index >= 15 is 0 Å². The summed E-state index contributed by atoms with van der Waals surface area (Å²) < 4.78 is 0. The van der Waals surface area contributed by atoms with Gasteiger partial charge in [-0.15, -0.1) is 0 Å². The molecule has 0 rings (SSSR count). The Morgan fingerprint density at radius 2 is 1.92 bits per heavy atom. The quantitative estimate of drug-likeness (QED) is 0.580. The van der Waals surface area contributed by atoms with E-state index in [1.54, 1.807) is 0 Å². The average Bonchev–Trinajstić information content (AvgIpc) is 2.12. The van der Waals surface area contributed by atoms with Crippen LogP contribution >= 0.6 is 11.8 Å². The van der Waals surface area contributed by atoms with Crippen LogP contribution in [0.5, 0.6) is 0 Å². The van der Waals surface area contributed by atoms with Crippen molar-refractivity contribution in [3.05, 3.63) is 0 Å². The first-order valence-electron chi connectivity index (χ1n) is 5.40. The normalized spacial score (nSPS) is 12.8. The zero-order valence-electron chi connectivity index (χ0n) is 9.14. The molecule has 0 aromatic rings. The lowest BCUT2D eigenvalue weighted by Gasteiger charge is -2.05. The second kappa shape index (κ2) is 8.61. The summed E-state index contributed by atoms with van der Waals surface area (Å²) in [6.07, 6.45) is 6.66. The minimum Gasteiger partial charge on any atom is -0.287 e. The number of carbonyl (C=O) groups is 1. The Morgan fingerprint density at radius 1 is 1.23 bits per heavy atom. The highest BCUT2D eigenvalue weighted by Gasteiger charge is 2.06. The Hall–Kier alpha value is 0.0200. The molecule has 0 spiro atoms. The Labute approximate surface area is 86.7 Å². The molecular formula is C11H22OS. The molecule has 78 valence electrons. The molecule has 1 nitrogen and oxygen atoms in total. The maximum absolute atomic E-state index is 11.3. The Bertz CT molecular complexity index is 134. The van der Waals surface area contributed by atoms with Crippen molar-refractivity contribution in [3.8, 4) is 0 Å². The van der Waals surface area contributed by atoms with Gasteiger partial charge < -0.3 is 0 Å². The van der Waals surface area contributed by atoms with Crippen molar-refractivity contribution < 1.29 is 4.79 Å². The number of unbranched alkanes of at least 4 members (excludes halogenated alkanes) is 3. The number of carbonyl (C=O) groups excluding carboxylic acids is 1. The Kier molecular flexibility index (Phi) is 8.62. The molecule has 13 heavy (non-hydrogen) atoms. The molecule has 0 bridgehead atoms. The molecule has 0 amide bonds. The fourth-order valence-corrected chi connectivity index (χ4v) is 1.94. The molecule has 1 atom stereocenters.